The van der Waals surface area contributed by atoms with Crippen LogP contribution in [0.2, 0.25) is 5.02 Å². The fourth-order valence-corrected chi connectivity index (χ4v) is 4.68. The first kappa shape index (κ1) is 21.2. The van der Waals surface area contributed by atoms with Gasteiger partial charge in [0.15, 0.2) is 0 Å². The summed E-state index contributed by atoms with van der Waals surface area (Å²) in [6.45, 7) is 1.87. The zero-order chi connectivity index (χ0) is 21.8. The number of rotatable bonds is 5. The maximum Gasteiger partial charge on any atom is 0.265 e. The van der Waals surface area contributed by atoms with Gasteiger partial charge in [-0.2, -0.15) is 0 Å². The molecule has 0 saturated heterocycles. The molecule has 1 atom stereocenters. The van der Waals surface area contributed by atoms with Gasteiger partial charge in [-0.15, -0.1) is 0 Å². The maximum atomic E-state index is 13.3. The summed E-state index contributed by atoms with van der Waals surface area (Å²) >= 11 is 7.49. The minimum atomic E-state index is -0.214. The van der Waals surface area contributed by atoms with Crippen LogP contribution in [0.4, 0.5) is 5.69 Å². The molecule has 4 rings (SSSR count). The van der Waals surface area contributed by atoms with Gasteiger partial charge in [0.25, 0.3) is 5.91 Å². The van der Waals surface area contributed by atoms with Crippen LogP contribution in [0, 0.1) is 0 Å². The van der Waals surface area contributed by atoms with E-state index in [0.717, 1.165) is 21.7 Å². The van der Waals surface area contributed by atoms with E-state index in [0.29, 0.717) is 9.93 Å². The van der Waals surface area contributed by atoms with Crippen molar-refractivity contribution in [1.82, 2.24) is 5.32 Å². The molecule has 0 bridgehead atoms. The predicted octanol–water partition coefficient (Wildman–Crippen LogP) is 5.70. The quantitative estimate of drug-likeness (QED) is 0.509. The average Bonchev–Trinajstić information content (AvgIpc) is 2.77. The predicted molar refractivity (Wildman–Crippen MR) is 127 cm³/mol. The number of thioether (sulfide) groups is 1. The number of fused-ring (bicyclic) bond motifs is 1. The van der Waals surface area contributed by atoms with Crippen LogP contribution < -0.4 is 10.2 Å². The third-order valence-electron chi connectivity index (χ3n) is 4.96. The second-order valence-electron chi connectivity index (χ2n) is 7.22. The van der Waals surface area contributed by atoms with Gasteiger partial charge in [0, 0.05) is 9.92 Å². The molecule has 0 saturated carbocycles. The van der Waals surface area contributed by atoms with Gasteiger partial charge in [0.05, 0.1) is 16.6 Å². The molecule has 1 heterocycles. The summed E-state index contributed by atoms with van der Waals surface area (Å²) in [5.41, 5.74) is 2.59. The standard InChI is InChI=1S/C25H21ClN2O2S/c1-17(19-9-3-2-4-10-19)27-24(29)16-28-21-12-5-6-13-22(21)31-23(25(28)30)15-18-8-7-11-20(26)14-18/h2-15,17H,16H2,1H3,(H,27,29)/b23-15-. The number of amides is 2. The number of hydrogen-bond acceptors (Lipinski definition) is 3. The van der Waals surface area contributed by atoms with Crippen LogP contribution in [-0.4, -0.2) is 18.4 Å². The highest BCUT2D eigenvalue weighted by Gasteiger charge is 2.30. The lowest BCUT2D eigenvalue weighted by atomic mass is 10.1. The SMILES string of the molecule is CC(NC(=O)CN1C(=O)/C(=C/c2cccc(Cl)c2)Sc2ccccc21)c1ccccc1. The van der Waals surface area contributed by atoms with Gasteiger partial charge in [-0.1, -0.05) is 78.0 Å². The summed E-state index contributed by atoms with van der Waals surface area (Å²) in [6, 6.07) is 24.5. The molecule has 4 nitrogen and oxygen atoms in total. The number of anilines is 1. The molecule has 0 spiro atoms. The normalized spacial score (nSPS) is 15.5. The molecule has 0 fully saturated rings. The molecule has 3 aromatic rings. The molecule has 0 aromatic heterocycles. The minimum absolute atomic E-state index is 0.0551. The van der Waals surface area contributed by atoms with Gasteiger partial charge in [0.1, 0.15) is 6.54 Å². The highest BCUT2D eigenvalue weighted by Crippen LogP contribution is 2.42. The van der Waals surface area contributed by atoms with Crippen molar-refractivity contribution in [2.24, 2.45) is 0 Å². The van der Waals surface area contributed by atoms with Crippen molar-refractivity contribution >= 4 is 46.9 Å². The Morgan fingerprint density at radius 3 is 2.58 bits per heavy atom. The Labute approximate surface area is 190 Å². The maximum absolute atomic E-state index is 13.3. The van der Waals surface area contributed by atoms with Gasteiger partial charge in [-0.05, 0) is 48.4 Å². The molecule has 2 amide bonds. The minimum Gasteiger partial charge on any atom is -0.348 e. The van der Waals surface area contributed by atoms with Crippen molar-refractivity contribution in [1.29, 1.82) is 0 Å². The molecule has 1 aliphatic heterocycles. The number of hydrogen-bond donors (Lipinski definition) is 1. The summed E-state index contributed by atoms with van der Waals surface area (Å²) in [5, 5.41) is 3.60. The highest BCUT2D eigenvalue weighted by atomic mass is 35.5. The van der Waals surface area contributed by atoms with Gasteiger partial charge >= 0.3 is 0 Å². The topological polar surface area (TPSA) is 49.4 Å². The lowest BCUT2D eigenvalue weighted by Gasteiger charge is -2.30. The number of nitrogens with one attached hydrogen (secondary N) is 1. The molecule has 1 N–H and O–H groups in total. The second-order valence-corrected chi connectivity index (χ2v) is 8.74. The summed E-state index contributed by atoms with van der Waals surface area (Å²) < 4.78 is 0. The highest BCUT2D eigenvalue weighted by molar-refractivity contribution is 8.04. The van der Waals surface area contributed by atoms with E-state index in [9.17, 15) is 9.59 Å². The fraction of sp³-hybridized carbons (Fsp3) is 0.120. The smallest absolute Gasteiger partial charge is 0.265 e. The van der Waals surface area contributed by atoms with Crippen molar-refractivity contribution < 1.29 is 9.59 Å². The second kappa shape index (κ2) is 9.41. The largest absolute Gasteiger partial charge is 0.348 e. The molecule has 156 valence electrons. The van der Waals surface area contributed by atoms with Crippen LogP contribution in [0.5, 0.6) is 0 Å². The Hall–Kier alpha value is -3.02. The van der Waals surface area contributed by atoms with Crippen LogP contribution in [0.25, 0.3) is 6.08 Å². The summed E-state index contributed by atoms with van der Waals surface area (Å²) in [5.74, 6) is -0.417. The van der Waals surface area contributed by atoms with Gasteiger partial charge < -0.3 is 5.32 Å². The Bertz CT molecular complexity index is 1150. The third-order valence-corrected chi connectivity index (χ3v) is 6.27. The van der Waals surface area contributed by atoms with Crippen LogP contribution in [0.15, 0.2) is 88.7 Å². The van der Waals surface area contributed by atoms with Crippen molar-refractivity contribution in [3.63, 3.8) is 0 Å². The monoisotopic (exact) mass is 448 g/mol. The summed E-state index contributed by atoms with van der Waals surface area (Å²) in [4.78, 5) is 29.1. The van der Waals surface area contributed by atoms with E-state index < -0.39 is 0 Å². The Morgan fingerprint density at radius 2 is 1.81 bits per heavy atom. The van der Waals surface area contributed by atoms with E-state index in [4.69, 9.17) is 11.6 Å². The van der Waals surface area contributed by atoms with Crippen LogP contribution >= 0.6 is 23.4 Å². The van der Waals surface area contributed by atoms with Crippen molar-refractivity contribution in [3.8, 4) is 0 Å². The summed E-state index contributed by atoms with van der Waals surface area (Å²) in [6.07, 6.45) is 1.81. The van der Waals surface area contributed by atoms with E-state index >= 15 is 0 Å². The van der Waals surface area contributed by atoms with Crippen molar-refractivity contribution in [3.05, 3.63) is 99.9 Å². The lowest BCUT2D eigenvalue weighted by molar-refractivity contribution is -0.122. The molecule has 3 aromatic carbocycles. The summed E-state index contributed by atoms with van der Waals surface area (Å²) in [7, 11) is 0. The van der Waals surface area contributed by atoms with Crippen LogP contribution in [0.1, 0.15) is 24.1 Å². The third kappa shape index (κ3) is 5.01. The van der Waals surface area contributed by atoms with Crippen molar-refractivity contribution in [2.75, 3.05) is 11.4 Å². The number of para-hydroxylation sites is 1. The van der Waals surface area contributed by atoms with E-state index in [1.807, 2.05) is 85.8 Å². The molecular weight excluding hydrogens is 428 g/mol. The number of nitrogens with zero attached hydrogens (tertiary/aromatic N) is 1. The van der Waals surface area contributed by atoms with E-state index in [1.54, 1.807) is 6.07 Å². The molecule has 31 heavy (non-hydrogen) atoms. The van der Waals surface area contributed by atoms with Gasteiger partial charge in [-0.3, -0.25) is 14.5 Å². The number of benzene rings is 3. The van der Waals surface area contributed by atoms with Crippen LogP contribution in [-0.2, 0) is 9.59 Å². The first-order valence-electron chi connectivity index (χ1n) is 9.91. The average molecular weight is 449 g/mol. The Morgan fingerprint density at radius 1 is 1.06 bits per heavy atom. The first-order chi connectivity index (χ1) is 15.0. The molecule has 1 unspecified atom stereocenters. The molecule has 6 heteroatoms. The first-order valence-corrected chi connectivity index (χ1v) is 11.1. The van der Waals surface area contributed by atoms with Gasteiger partial charge in [0.2, 0.25) is 5.91 Å². The molecule has 0 aliphatic carbocycles. The Kier molecular flexibility index (Phi) is 6.44. The zero-order valence-electron chi connectivity index (χ0n) is 16.9. The fourth-order valence-electron chi connectivity index (χ4n) is 3.42. The molecule has 0 radical (unpaired) electrons. The number of carbonyl (C=O) groups excluding carboxylic acids is 2. The van der Waals surface area contributed by atoms with Crippen molar-refractivity contribution in [2.45, 2.75) is 17.9 Å². The Balaban J connectivity index is 1.58. The number of halogens is 1. The van der Waals surface area contributed by atoms with E-state index in [1.165, 1.54) is 16.7 Å². The molecule has 1 aliphatic rings. The zero-order valence-corrected chi connectivity index (χ0v) is 18.5. The van der Waals surface area contributed by atoms with Gasteiger partial charge in [-0.25, -0.2) is 0 Å². The van der Waals surface area contributed by atoms with Crippen LogP contribution in [0.3, 0.4) is 0 Å². The van der Waals surface area contributed by atoms with E-state index in [2.05, 4.69) is 5.32 Å². The lowest BCUT2D eigenvalue weighted by Crippen LogP contribution is -2.43. The van der Waals surface area contributed by atoms with E-state index in [-0.39, 0.29) is 24.4 Å². The molecular formula is C25H21ClN2O2S. The number of carbonyl (C=O) groups is 2.